The summed E-state index contributed by atoms with van der Waals surface area (Å²) in [4.78, 5) is 4.97. The van der Waals surface area contributed by atoms with Gasteiger partial charge in [-0.1, -0.05) is 29.8 Å². The van der Waals surface area contributed by atoms with Crippen LogP contribution in [0.1, 0.15) is 30.0 Å². The van der Waals surface area contributed by atoms with Crippen molar-refractivity contribution in [2.75, 3.05) is 19.5 Å². The van der Waals surface area contributed by atoms with Crippen LogP contribution < -0.4 is 4.74 Å². The minimum atomic E-state index is -3.33. The van der Waals surface area contributed by atoms with E-state index in [2.05, 4.69) is 0 Å². The Labute approximate surface area is 217 Å². The fraction of sp³-hybridized carbons (Fsp3) is 0.269. The third-order valence-electron chi connectivity index (χ3n) is 6.33. The highest BCUT2D eigenvalue weighted by Gasteiger charge is 2.37. The van der Waals surface area contributed by atoms with Crippen molar-refractivity contribution in [3.05, 3.63) is 77.1 Å². The molecule has 1 N–H and O–H groups in total. The molecule has 194 valence electrons. The van der Waals surface area contributed by atoms with Gasteiger partial charge in [-0.15, -0.1) is 0 Å². The summed E-state index contributed by atoms with van der Waals surface area (Å²) < 4.78 is 62.7. The molecule has 0 saturated carbocycles. The van der Waals surface area contributed by atoms with Crippen LogP contribution in [0.4, 0.5) is 8.78 Å². The lowest BCUT2D eigenvalue weighted by molar-refractivity contribution is -0.0507. The van der Waals surface area contributed by atoms with Crippen LogP contribution in [-0.4, -0.2) is 49.2 Å². The van der Waals surface area contributed by atoms with Gasteiger partial charge in [-0.05, 0) is 53.6 Å². The fourth-order valence-corrected chi connectivity index (χ4v) is 5.55. The van der Waals surface area contributed by atoms with Gasteiger partial charge >= 0.3 is 6.61 Å². The van der Waals surface area contributed by atoms with E-state index >= 15 is 0 Å². The highest BCUT2D eigenvalue weighted by Crippen LogP contribution is 2.46. The Morgan fingerprint density at radius 2 is 1.84 bits per heavy atom. The Hall–Kier alpha value is -3.05. The minimum Gasteiger partial charge on any atom is -0.434 e. The second-order valence-electron chi connectivity index (χ2n) is 8.74. The maximum atomic E-state index is 13.2. The molecule has 0 fully saturated rings. The molecule has 0 aliphatic carbocycles. The molecular weight excluding hydrogens is 526 g/mol. The van der Waals surface area contributed by atoms with E-state index < -0.39 is 28.6 Å². The lowest BCUT2D eigenvalue weighted by Gasteiger charge is -2.19. The summed E-state index contributed by atoms with van der Waals surface area (Å²) >= 11 is 6.25. The number of imidazole rings is 1. The van der Waals surface area contributed by atoms with Crippen LogP contribution in [0.15, 0.2) is 65.6 Å². The predicted octanol–water partition coefficient (Wildman–Crippen LogP) is 5.40. The lowest BCUT2D eigenvalue weighted by Crippen LogP contribution is -2.11. The van der Waals surface area contributed by atoms with Gasteiger partial charge in [-0.3, -0.25) is 0 Å². The van der Waals surface area contributed by atoms with Crippen molar-refractivity contribution in [1.29, 1.82) is 0 Å². The number of alkyl halides is 2. The average Bonchev–Trinajstić information content (AvgIpc) is 3.40. The van der Waals surface area contributed by atoms with Gasteiger partial charge in [-0.2, -0.15) is 8.78 Å². The van der Waals surface area contributed by atoms with Crippen LogP contribution in [0.25, 0.3) is 22.2 Å². The summed E-state index contributed by atoms with van der Waals surface area (Å²) in [7, 11) is -3.33. The highest BCUT2D eigenvalue weighted by molar-refractivity contribution is 7.90. The molecule has 1 aromatic heterocycles. The highest BCUT2D eigenvalue weighted by atomic mass is 35.5. The zero-order chi connectivity index (χ0) is 26.3. The molecule has 0 spiro atoms. The van der Waals surface area contributed by atoms with Crippen molar-refractivity contribution >= 4 is 32.5 Å². The summed E-state index contributed by atoms with van der Waals surface area (Å²) in [5, 5.41) is 9.67. The largest absolute Gasteiger partial charge is 0.434 e. The monoisotopic (exact) mass is 548 g/mol. The van der Waals surface area contributed by atoms with Gasteiger partial charge in [0, 0.05) is 23.3 Å². The van der Waals surface area contributed by atoms with E-state index in [0.29, 0.717) is 28.3 Å². The zero-order valence-corrected chi connectivity index (χ0v) is 21.2. The molecule has 0 saturated heterocycles. The summed E-state index contributed by atoms with van der Waals surface area (Å²) in [5.41, 5.74) is 3.50. The molecule has 0 amide bonds. The summed E-state index contributed by atoms with van der Waals surface area (Å²) in [6.45, 7) is -3.09. The SMILES string of the molecule is CS(=O)(=O)c1ccc(-c2ccc3nc4n(c3c2)[C@@H](c2cc(Cl)ccc2OC(F)F)C[C@H]4OCCO)cc1. The van der Waals surface area contributed by atoms with E-state index in [0.717, 1.165) is 22.9 Å². The normalized spacial score (nSPS) is 17.5. The number of hydrogen-bond acceptors (Lipinski definition) is 6. The number of aromatic nitrogens is 2. The second kappa shape index (κ2) is 10.0. The standard InChI is InChI=1S/C26H23ClF2N2O5S/c1-37(33,34)18-6-2-15(3-7-18)16-4-8-20-22(12-16)31-21(14-24(25(31)30-20)35-11-10-32)19-13-17(27)5-9-23(19)36-26(28)29/h2-9,12-13,21,24,26,32H,10-11,14H2,1H3/t21-,24-/m1/s1. The first-order chi connectivity index (χ1) is 17.7. The van der Waals surface area contributed by atoms with E-state index in [1.165, 1.54) is 12.1 Å². The number of sulfone groups is 1. The Balaban J connectivity index is 1.64. The first-order valence-corrected chi connectivity index (χ1v) is 13.7. The molecule has 3 aromatic carbocycles. The Morgan fingerprint density at radius 1 is 1.11 bits per heavy atom. The van der Waals surface area contributed by atoms with Gasteiger partial charge < -0.3 is 19.1 Å². The molecule has 5 rings (SSSR count). The molecule has 0 bridgehead atoms. The maximum Gasteiger partial charge on any atom is 0.387 e. The Morgan fingerprint density at radius 3 is 2.51 bits per heavy atom. The summed E-state index contributed by atoms with van der Waals surface area (Å²) in [6, 6.07) is 16.2. The first-order valence-electron chi connectivity index (χ1n) is 11.4. The van der Waals surface area contributed by atoms with Crippen LogP contribution >= 0.6 is 11.6 Å². The molecule has 11 heteroatoms. The molecule has 4 aromatic rings. The number of ether oxygens (including phenoxy) is 2. The van der Waals surface area contributed by atoms with Gasteiger partial charge in [0.05, 0.1) is 35.2 Å². The number of nitrogens with zero attached hydrogens (tertiary/aromatic N) is 2. The quantitative estimate of drug-likeness (QED) is 0.317. The molecule has 0 unspecified atom stereocenters. The number of fused-ring (bicyclic) bond motifs is 3. The van der Waals surface area contributed by atoms with Crippen LogP contribution in [0, 0.1) is 0 Å². The average molecular weight is 549 g/mol. The number of aliphatic hydroxyl groups excluding tert-OH is 1. The Bertz CT molecular complexity index is 1560. The van der Waals surface area contributed by atoms with Crippen molar-refractivity contribution < 1.29 is 31.8 Å². The van der Waals surface area contributed by atoms with E-state index in [-0.39, 0.29) is 23.9 Å². The first kappa shape index (κ1) is 25.6. The lowest BCUT2D eigenvalue weighted by atomic mass is 10.0. The number of halogens is 3. The smallest absolute Gasteiger partial charge is 0.387 e. The molecule has 1 aliphatic heterocycles. The van der Waals surface area contributed by atoms with Crippen LogP contribution in [0.3, 0.4) is 0 Å². The fourth-order valence-electron chi connectivity index (χ4n) is 4.74. The van der Waals surface area contributed by atoms with E-state index in [1.54, 1.807) is 30.3 Å². The van der Waals surface area contributed by atoms with Gasteiger partial charge in [-0.25, -0.2) is 13.4 Å². The van der Waals surface area contributed by atoms with Crippen molar-refractivity contribution in [1.82, 2.24) is 9.55 Å². The van der Waals surface area contributed by atoms with Crippen molar-refractivity contribution in [3.8, 4) is 16.9 Å². The molecule has 37 heavy (non-hydrogen) atoms. The van der Waals surface area contributed by atoms with Gasteiger partial charge in [0.1, 0.15) is 17.7 Å². The van der Waals surface area contributed by atoms with Gasteiger partial charge in [0.15, 0.2) is 9.84 Å². The van der Waals surface area contributed by atoms with Crippen molar-refractivity contribution in [2.24, 2.45) is 0 Å². The molecule has 7 nitrogen and oxygen atoms in total. The van der Waals surface area contributed by atoms with Crippen LogP contribution in [-0.2, 0) is 14.6 Å². The second-order valence-corrected chi connectivity index (χ2v) is 11.2. The van der Waals surface area contributed by atoms with E-state index in [4.69, 9.17) is 26.1 Å². The van der Waals surface area contributed by atoms with Crippen molar-refractivity contribution in [3.63, 3.8) is 0 Å². The summed E-state index contributed by atoms with van der Waals surface area (Å²) in [6.07, 6.45) is 1.05. The number of benzene rings is 3. The number of aliphatic hydroxyl groups is 1. The number of hydrogen-bond donors (Lipinski definition) is 1. The molecular formula is C26H23ClF2N2O5S. The third-order valence-corrected chi connectivity index (χ3v) is 7.69. The molecule has 0 radical (unpaired) electrons. The summed E-state index contributed by atoms with van der Waals surface area (Å²) in [5.74, 6) is 0.605. The van der Waals surface area contributed by atoms with Crippen molar-refractivity contribution in [2.45, 2.75) is 30.1 Å². The molecule has 2 atom stereocenters. The van der Waals surface area contributed by atoms with Crippen LogP contribution in [0.5, 0.6) is 5.75 Å². The molecule has 1 aliphatic rings. The van der Waals surface area contributed by atoms with E-state index in [1.807, 2.05) is 22.8 Å². The molecule has 2 heterocycles. The minimum absolute atomic E-state index is 0.00697. The third kappa shape index (κ3) is 5.06. The topological polar surface area (TPSA) is 90.7 Å². The van der Waals surface area contributed by atoms with Crippen LogP contribution in [0.2, 0.25) is 5.02 Å². The zero-order valence-electron chi connectivity index (χ0n) is 19.6. The number of rotatable bonds is 8. The van der Waals surface area contributed by atoms with Gasteiger partial charge in [0.2, 0.25) is 0 Å². The Kier molecular flexibility index (Phi) is 6.93. The predicted molar refractivity (Wildman–Crippen MR) is 135 cm³/mol. The maximum absolute atomic E-state index is 13.2. The van der Waals surface area contributed by atoms with Gasteiger partial charge in [0.25, 0.3) is 0 Å². The van der Waals surface area contributed by atoms with E-state index in [9.17, 15) is 22.3 Å².